The number of aromatic nitrogens is 2. The smallest absolute Gasteiger partial charge is 0.325 e. The largest absolute Gasteiger partial charge is 0.408 e. The zero-order valence-electron chi connectivity index (χ0n) is 12.1. The van der Waals surface area contributed by atoms with E-state index >= 15 is 0 Å². The normalized spacial score (nSPS) is 20.4. The fourth-order valence-corrected chi connectivity index (χ4v) is 3.23. The number of carbonyl (C=O) groups excluding carboxylic acids is 1. The van der Waals surface area contributed by atoms with Crippen LogP contribution in [0.1, 0.15) is 50.3 Å². The molecule has 0 atom stereocenters. The van der Waals surface area contributed by atoms with Crippen molar-refractivity contribution in [1.82, 2.24) is 15.1 Å². The van der Waals surface area contributed by atoms with E-state index in [9.17, 15) is 4.79 Å². The van der Waals surface area contributed by atoms with Crippen LogP contribution in [0, 0.1) is 0 Å². The van der Waals surface area contributed by atoms with E-state index in [2.05, 4.69) is 15.5 Å². The van der Waals surface area contributed by atoms with Crippen LogP contribution in [-0.2, 0) is 0 Å². The first-order valence-electron chi connectivity index (χ1n) is 7.56. The Labute approximate surface area is 138 Å². The Morgan fingerprint density at radius 3 is 2.68 bits per heavy atom. The van der Waals surface area contributed by atoms with E-state index in [4.69, 9.17) is 27.6 Å². The van der Waals surface area contributed by atoms with Gasteiger partial charge in [0.2, 0.25) is 5.89 Å². The molecule has 1 fully saturated rings. The lowest BCUT2D eigenvalue weighted by Gasteiger charge is -2.26. The molecular weight excluding hydrogens is 327 g/mol. The summed E-state index contributed by atoms with van der Waals surface area (Å²) in [6, 6.07) is -0.163. The van der Waals surface area contributed by atoms with Crippen LogP contribution in [-0.4, -0.2) is 34.2 Å². The van der Waals surface area contributed by atoms with Gasteiger partial charge in [-0.2, -0.15) is 0 Å². The fraction of sp³-hybridized carbons (Fsp3) is 0.643. The van der Waals surface area contributed by atoms with Gasteiger partial charge in [-0.25, -0.2) is 4.79 Å². The van der Waals surface area contributed by atoms with Crippen LogP contribution < -0.4 is 5.32 Å². The molecule has 2 amide bonds. The number of urea groups is 1. The summed E-state index contributed by atoms with van der Waals surface area (Å²) in [7, 11) is 0. The van der Waals surface area contributed by atoms with Crippen molar-refractivity contribution in [3.63, 3.8) is 0 Å². The van der Waals surface area contributed by atoms with Gasteiger partial charge in [0, 0.05) is 23.9 Å². The van der Waals surface area contributed by atoms with Gasteiger partial charge in [0.05, 0.1) is 11.6 Å². The number of carbonyl (C=O) groups is 1. The molecule has 1 aromatic rings. The second-order valence-electron chi connectivity index (χ2n) is 5.69. The maximum atomic E-state index is 12.2. The Kier molecular flexibility index (Phi) is 4.88. The van der Waals surface area contributed by atoms with Gasteiger partial charge in [-0.1, -0.05) is 47.6 Å². The van der Waals surface area contributed by atoms with Crippen molar-refractivity contribution in [2.45, 2.75) is 44.4 Å². The highest BCUT2D eigenvalue weighted by Gasteiger charge is 2.24. The van der Waals surface area contributed by atoms with Crippen molar-refractivity contribution in [2.24, 2.45) is 0 Å². The highest BCUT2D eigenvalue weighted by molar-refractivity contribution is 6.39. The standard InChI is InChI=1S/C14H18Cl2N4O2/c15-10-6-7-20(8-11(10)16)14(21)17-13-19-18-12(22-13)9-4-2-1-3-5-9/h9H,1-8H2,(H,17,19,21). The molecule has 1 saturated carbocycles. The van der Waals surface area contributed by atoms with Crippen LogP contribution in [0.25, 0.3) is 0 Å². The third-order valence-corrected chi connectivity index (χ3v) is 4.98. The monoisotopic (exact) mass is 344 g/mol. The second kappa shape index (κ2) is 6.87. The number of nitrogens with zero attached hydrogens (tertiary/aromatic N) is 3. The Balaban J connectivity index is 1.59. The fourth-order valence-electron chi connectivity index (χ4n) is 2.84. The quantitative estimate of drug-likeness (QED) is 0.878. The zero-order chi connectivity index (χ0) is 15.5. The predicted molar refractivity (Wildman–Crippen MR) is 84.1 cm³/mol. The number of rotatable bonds is 2. The minimum Gasteiger partial charge on any atom is -0.408 e. The molecule has 1 aliphatic carbocycles. The molecule has 1 aliphatic heterocycles. The van der Waals surface area contributed by atoms with E-state index in [1.807, 2.05) is 0 Å². The summed E-state index contributed by atoms with van der Waals surface area (Å²) in [5.41, 5.74) is 0. The van der Waals surface area contributed by atoms with Crippen LogP contribution in [0.5, 0.6) is 0 Å². The summed E-state index contributed by atoms with van der Waals surface area (Å²) < 4.78 is 5.58. The van der Waals surface area contributed by atoms with E-state index in [0.717, 1.165) is 12.8 Å². The van der Waals surface area contributed by atoms with Crippen LogP contribution >= 0.6 is 23.2 Å². The number of nitrogens with one attached hydrogen (secondary N) is 1. The van der Waals surface area contributed by atoms with Crippen molar-refractivity contribution in [2.75, 3.05) is 18.4 Å². The van der Waals surface area contributed by atoms with Gasteiger partial charge in [0.25, 0.3) is 0 Å². The molecule has 1 N–H and O–H groups in total. The van der Waals surface area contributed by atoms with E-state index in [1.54, 1.807) is 4.90 Å². The summed E-state index contributed by atoms with van der Waals surface area (Å²) in [6.45, 7) is 0.820. The lowest BCUT2D eigenvalue weighted by molar-refractivity contribution is 0.214. The van der Waals surface area contributed by atoms with E-state index < -0.39 is 0 Å². The van der Waals surface area contributed by atoms with E-state index in [0.29, 0.717) is 41.4 Å². The van der Waals surface area contributed by atoms with Gasteiger partial charge in [-0.3, -0.25) is 5.32 Å². The molecule has 0 spiro atoms. The molecule has 0 saturated heterocycles. The molecule has 0 radical (unpaired) electrons. The lowest BCUT2D eigenvalue weighted by Crippen LogP contribution is -2.38. The SMILES string of the molecule is O=C(Nc1nnc(C2CCCCC2)o1)N1CCC(Cl)=C(Cl)C1. The van der Waals surface area contributed by atoms with E-state index in [1.165, 1.54) is 19.3 Å². The lowest BCUT2D eigenvalue weighted by atomic mass is 9.89. The van der Waals surface area contributed by atoms with Gasteiger partial charge in [-0.05, 0) is 12.8 Å². The molecule has 2 aliphatic rings. The maximum Gasteiger partial charge on any atom is 0.325 e. The predicted octanol–water partition coefficient (Wildman–Crippen LogP) is 4.04. The van der Waals surface area contributed by atoms with Crippen LogP contribution in [0.3, 0.4) is 0 Å². The summed E-state index contributed by atoms with van der Waals surface area (Å²) in [5, 5.41) is 11.7. The van der Waals surface area contributed by atoms with Crippen LogP contribution in [0.4, 0.5) is 10.8 Å². The number of hydrogen-bond donors (Lipinski definition) is 1. The summed E-state index contributed by atoms with van der Waals surface area (Å²) in [6.07, 6.45) is 6.34. The molecule has 0 aromatic carbocycles. The Bertz CT molecular complexity index is 581. The first-order valence-corrected chi connectivity index (χ1v) is 8.31. The molecule has 6 nitrogen and oxygen atoms in total. The highest BCUT2D eigenvalue weighted by atomic mass is 35.5. The van der Waals surface area contributed by atoms with Gasteiger partial charge >= 0.3 is 12.0 Å². The van der Waals surface area contributed by atoms with E-state index in [-0.39, 0.29) is 12.0 Å². The molecule has 0 bridgehead atoms. The molecular formula is C14H18Cl2N4O2. The average molecular weight is 345 g/mol. The average Bonchev–Trinajstić information content (AvgIpc) is 2.99. The number of hydrogen-bond acceptors (Lipinski definition) is 4. The van der Waals surface area contributed by atoms with Crippen molar-refractivity contribution in [3.8, 4) is 0 Å². The molecule has 120 valence electrons. The molecule has 0 unspecified atom stereocenters. The first kappa shape index (κ1) is 15.6. The van der Waals surface area contributed by atoms with Crippen molar-refractivity contribution in [3.05, 3.63) is 16.0 Å². The topological polar surface area (TPSA) is 71.3 Å². The third kappa shape index (κ3) is 3.55. The van der Waals surface area contributed by atoms with Gasteiger partial charge in [-0.15, -0.1) is 5.10 Å². The highest BCUT2D eigenvalue weighted by Crippen LogP contribution is 2.32. The second-order valence-corrected chi connectivity index (χ2v) is 6.60. The van der Waals surface area contributed by atoms with Gasteiger partial charge < -0.3 is 9.32 Å². The molecule has 3 rings (SSSR count). The number of amides is 2. The Morgan fingerprint density at radius 2 is 1.95 bits per heavy atom. The first-order chi connectivity index (χ1) is 10.6. The van der Waals surface area contributed by atoms with Gasteiger partial charge in [0.15, 0.2) is 0 Å². The minimum absolute atomic E-state index is 0.141. The van der Waals surface area contributed by atoms with Crippen LogP contribution in [0.2, 0.25) is 0 Å². The van der Waals surface area contributed by atoms with Crippen molar-refractivity contribution < 1.29 is 9.21 Å². The minimum atomic E-state index is -0.304. The molecule has 8 heteroatoms. The summed E-state index contributed by atoms with van der Waals surface area (Å²) >= 11 is 11.9. The maximum absolute atomic E-state index is 12.2. The Hall–Kier alpha value is -1.27. The summed E-state index contributed by atoms with van der Waals surface area (Å²) in [4.78, 5) is 13.7. The molecule has 1 aromatic heterocycles. The molecule has 2 heterocycles. The van der Waals surface area contributed by atoms with Crippen LogP contribution in [0.15, 0.2) is 14.5 Å². The van der Waals surface area contributed by atoms with Gasteiger partial charge in [0.1, 0.15) is 0 Å². The summed E-state index contributed by atoms with van der Waals surface area (Å²) in [5.74, 6) is 0.938. The number of anilines is 1. The molecule has 22 heavy (non-hydrogen) atoms. The zero-order valence-corrected chi connectivity index (χ0v) is 13.7. The van der Waals surface area contributed by atoms with Crippen molar-refractivity contribution in [1.29, 1.82) is 0 Å². The van der Waals surface area contributed by atoms with Crippen molar-refractivity contribution >= 4 is 35.2 Å². The third-order valence-electron chi connectivity index (χ3n) is 4.12. The number of halogens is 2. The Morgan fingerprint density at radius 1 is 1.18 bits per heavy atom.